The van der Waals surface area contributed by atoms with Crippen molar-refractivity contribution in [3.8, 4) is 41.2 Å². The van der Waals surface area contributed by atoms with Crippen LogP contribution in [-0.2, 0) is 29.1 Å². The van der Waals surface area contributed by atoms with Crippen LogP contribution in [0.4, 0.5) is 11.4 Å². The number of ether oxygens (including phenoxy) is 3. The van der Waals surface area contributed by atoms with Gasteiger partial charge in [-0.15, -0.1) is 4.58 Å². The Morgan fingerprint density at radius 3 is 2.13 bits per heavy atom. The van der Waals surface area contributed by atoms with E-state index >= 15 is 0 Å². The summed E-state index contributed by atoms with van der Waals surface area (Å²) in [7, 11) is 4.75. The van der Waals surface area contributed by atoms with Gasteiger partial charge >= 0.3 is 0 Å². The number of rotatable bonds is 8. The molecule has 0 amide bonds. The largest absolute Gasteiger partial charge is 0.496 e. The van der Waals surface area contributed by atoms with Crippen LogP contribution in [0.5, 0.6) is 17.2 Å². The first kappa shape index (κ1) is 40.7. The fourth-order valence-electron chi connectivity index (χ4n) is 6.91. The van der Waals surface area contributed by atoms with Crippen LogP contribution in [0.25, 0.3) is 0 Å². The number of anilines is 1. The van der Waals surface area contributed by atoms with E-state index < -0.39 is 21.1 Å². The van der Waals surface area contributed by atoms with Crippen molar-refractivity contribution in [1.82, 2.24) is 0 Å². The van der Waals surface area contributed by atoms with Gasteiger partial charge in [0.1, 0.15) is 29.8 Å². The van der Waals surface area contributed by atoms with Gasteiger partial charge in [0.25, 0.3) is 10.2 Å². The number of nitrogens with zero attached hydrogens (tertiary/aromatic N) is 2. The molecule has 5 rings (SSSR count). The van der Waals surface area contributed by atoms with E-state index in [9.17, 15) is 9.59 Å². The predicted molar refractivity (Wildman–Crippen MR) is 211 cm³/mol. The Morgan fingerprint density at radius 2 is 1.48 bits per heavy atom. The number of carbonyl (C=O) groups is 2. The van der Waals surface area contributed by atoms with E-state index in [2.05, 4.69) is 60.3 Å². The van der Waals surface area contributed by atoms with Crippen molar-refractivity contribution in [3.63, 3.8) is 0 Å². The lowest BCUT2D eigenvalue weighted by molar-refractivity contribution is -0.332. The Balaban J connectivity index is 1.58. The standard InChI is InChI=1S/C40H39ClN2O9S2/c1-24-20-29-27(21-31(24)48-6)39(2,3)34(42(29)18-16-36(44)53-51-46)14-12-25-10-9-11-26(38(25)41)13-15-35-40(4,5)28-22-32(49-7)33(50-8)23-30(28)43(35)19-17-37(45)54-52-47/h12-15,20-23H,9-11H2,1-8H3,(H-,46,47)/p+1. The molecule has 0 aromatic heterocycles. The number of hydrogen-bond donors (Lipinski definition) is 2. The third-order valence-electron chi connectivity index (χ3n) is 9.71. The normalized spacial score (nSPS) is 18.3. The van der Waals surface area contributed by atoms with Crippen molar-refractivity contribution >= 4 is 63.0 Å². The number of benzene rings is 2. The quantitative estimate of drug-likeness (QED) is 0.0876. The average Bonchev–Trinajstić information content (AvgIpc) is 3.47. The van der Waals surface area contributed by atoms with Crippen LogP contribution >= 0.6 is 35.7 Å². The zero-order valence-electron chi connectivity index (χ0n) is 31.1. The lowest BCUT2D eigenvalue weighted by atomic mass is 9.81. The lowest BCUT2D eigenvalue weighted by Gasteiger charge is -2.23. The summed E-state index contributed by atoms with van der Waals surface area (Å²) < 4.78 is 26.4. The fourth-order valence-corrected chi connectivity index (χ4v) is 7.54. The van der Waals surface area contributed by atoms with Gasteiger partial charge in [-0.1, -0.05) is 37.6 Å². The molecule has 11 nitrogen and oxygen atoms in total. The maximum Gasteiger partial charge on any atom is 0.298 e. The van der Waals surface area contributed by atoms with Crippen LogP contribution in [0, 0.1) is 30.9 Å². The first-order valence-electron chi connectivity index (χ1n) is 16.7. The number of carbonyl (C=O) groups excluding carboxylic acids is 2. The first-order valence-corrected chi connectivity index (χ1v) is 18.6. The molecule has 2 aromatic rings. The monoisotopic (exact) mass is 791 g/mol. The smallest absolute Gasteiger partial charge is 0.298 e. The van der Waals surface area contributed by atoms with Crippen molar-refractivity contribution in [2.75, 3.05) is 26.2 Å². The number of aryl methyl sites for hydroxylation is 1. The second-order valence-electron chi connectivity index (χ2n) is 13.5. The van der Waals surface area contributed by atoms with Crippen molar-refractivity contribution in [3.05, 3.63) is 87.1 Å². The highest BCUT2D eigenvalue weighted by molar-refractivity contribution is 8.10. The minimum absolute atomic E-state index is 0.228. The number of fused-ring (bicyclic) bond motifs is 2. The van der Waals surface area contributed by atoms with E-state index in [1.165, 1.54) is 0 Å². The van der Waals surface area contributed by atoms with Gasteiger partial charge in [0.05, 0.1) is 44.4 Å². The number of methoxy groups -OCH3 is 3. The fraction of sp³-hybridized carbons (Fsp3) is 0.325. The van der Waals surface area contributed by atoms with Crippen LogP contribution < -0.4 is 19.1 Å². The summed E-state index contributed by atoms with van der Waals surface area (Å²) in [5.41, 5.74) is 6.67. The van der Waals surface area contributed by atoms with Crippen LogP contribution in [0.2, 0.25) is 0 Å². The van der Waals surface area contributed by atoms with Crippen molar-refractivity contribution in [2.45, 2.75) is 64.7 Å². The zero-order chi connectivity index (χ0) is 39.4. The second kappa shape index (κ2) is 16.9. The topological polar surface area (TPSA) is 127 Å². The maximum absolute atomic E-state index is 12.2. The number of halogens is 1. The van der Waals surface area contributed by atoms with Gasteiger partial charge in [0, 0.05) is 39.7 Å². The highest BCUT2D eigenvalue weighted by Crippen LogP contribution is 2.50. The van der Waals surface area contributed by atoms with Gasteiger partial charge < -0.3 is 14.2 Å². The molecule has 54 heavy (non-hydrogen) atoms. The molecule has 1 aliphatic carbocycles. The summed E-state index contributed by atoms with van der Waals surface area (Å²) in [4.78, 5) is 26.2. The van der Waals surface area contributed by atoms with Gasteiger partial charge in [-0.2, -0.15) is 8.67 Å². The molecule has 0 fully saturated rings. The Kier molecular flexibility index (Phi) is 12.8. The molecule has 2 aliphatic heterocycles. The number of hydrogen-bond acceptors (Lipinski definition) is 12. The average molecular weight is 792 g/mol. The molecular formula is C40H40ClN2O9S2+. The third-order valence-corrected chi connectivity index (χ3v) is 10.9. The first-order chi connectivity index (χ1) is 25.7. The molecular weight excluding hydrogens is 752 g/mol. The molecule has 3 aliphatic rings. The SMILES string of the molecule is COc1cc2c(cc1C)N(C#CC(=O)SOO)C(=CC=C1CCCC(C=CC3=[N+](C#CC(=O)SOO)c4cc(OC)c(OC)cc4C3(C)C)=C1Cl)C2(C)C. The van der Waals surface area contributed by atoms with E-state index in [4.69, 9.17) is 36.3 Å². The van der Waals surface area contributed by atoms with E-state index in [0.29, 0.717) is 22.2 Å². The van der Waals surface area contributed by atoms with E-state index in [1.54, 1.807) is 30.8 Å². The van der Waals surface area contributed by atoms with Crippen LogP contribution in [-0.4, -0.2) is 52.4 Å². The molecule has 2 aromatic carbocycles. The molecule has 2 heterocycles. The van der Waals surface area contributed by atoms with Crippen molar-refractivity contribution < 1.29 is 47.6 Å². The predicted octanol–water partition coefficient (Wildman–Crippen LogP) is 8.49. The molecule has 14 heteroatoms. The minimum Gasteiger partial charge on any atom is -0.496 e. The van der Waals surface area contributed by atoms with E-state index in [1.807, 2.05) is 55.5 Å². The third kappa shape index (κ3) is 7.99. The van der Waals surface area contributed by atoms with E-state index in [0.717, 1.165) is 69.9 Å². The van der Waals surface area contributed by atoms with Gasteiger partial charge in [-0.05, 0) is 86.6 Å². The van der Waals surface area contributed by atoms with Crippen molar-refractivity contribution in [2.24, 2.45) is 0 Å². The van der Waals surface area contributed by atoms with Gasteiger partial charge in [-0.3, -0.25) is 14.5 Å². The minimum atomic E-state index is -0.675. The lowest BCUT2D eigenvalue weighted by Crippen LogP contribution is -2.26. The second-order valence-corrected chi connectivity index (χ2v) is 15.3. The summed E-state index contributed by atoms with van der Waals surface area (Å²) >= 11 is 7.62. The molecule has 0 atom stereocenters. The van der Waals surface area contributed by atoms with Crippen LogP contribution in [0.15, 0.2) is 70.4 Å². The molecule has 0 spiro atoms. The molecule has 0 unspecified atom stereocenters. The van der Waals surface area contributed by atoms with Crippen LogP contribution in [0.1, 0.15) is 63.6 Å². The molecule has 0 saturated carbocycles. The Bertz CT molecular complexity index is 2180. The van der Waals surface area contributed by atoms with E-state index in [-0.39, 0.29) is 24.1 Å². The Labute approximate surface area is 328 Å². The van der Waals surface area contributed by atoms with Gasteiger partial charge in [0.2, 0.25) is 17.4 Å². The summed E-state index contributed by atoms with van der Waals surface area (Å²) in [6.07, 6.45) is 10.3. The molecule has 0 radical (unpaired) electrons. The Hall–Kier alpha value is -4.44. The van der Waals surface area contributed by atoms with Crippen LogP contribution in [0.3, 0.4) is 0 Å². The van der Waals surface area contributed by atoms with Gasteiger partial charge in [-0.25, -0.2) is 10.5 Å². The van der Waals surface area contributed by atoms with Crippen molar-refractivity contribution in [1.29, 1.82) is 0 Å². The number of allylic oxidation sites excluding steroid dienone is 8. The Morgan fingerprint density at radius 1 is 0.852 bits per heavy atom. The highest BCUT2D eigenvalue weighted by atomic mass is 35.5. The van der Waals surface area contributed by atoms with Gasteiger partial charge in [0.15, 0.2) is 11.5 Å². The maximum atomic E-state index is 12.2. The molecule has 282 valence electrons. The molecule has 2 N–H and O–H groups in total. The zero-order valence-corrected chi connectivity index (χ0v) is 33.5. The molecule has 0 saturated heterocycles. The summed E-state index contributed by atoms with van der Waals surface area (Å²) in [6.45, 7) is 10.2. The summed E-state index contributed by atoms with van der Waals surface area (Å²) in [5, 5.41) is 16.8. The highest BCUT2D eigenvalue weighted by Gasteiger charge is 2.46. The molecule has 0 bridgehead atoms. The summed E-state index contributed by atoms with van der Waals surface area (Å²) in [6, 6.07) is 13.6. The summed E-state index contributed by atoms with van der Waals surface area (Å²) in [5.74, 6) is 6.86.